The number of ether oxygens (including phenoxy) is 2. The van der Waals surface area contributed by atoms with Gasteiger partial charge in [-0.2, -0.15) is 5.26 Å². The molecule has 3 aromatic rings. The molecule has 7 rings (SSSR count). The maximum atomic E-state index is 13.7. The number of nitrogens with zero attached hydrogens (tertiary/aromatic N) is 5. The van der Waals surface area contributed by atoms with Gasteiger partial charge in [0, 0.05) is 31.4 Å². The molecule has 10 nitrogen and oxygen atoms in total. The van der Waals surface area contributed by atoms with Gasteiger partial charge in [0.1, 0.15) is 11.6 Å². The molecule has 2 aromatic heterocycles. The lowest BCUT2D eigenvalue weighted by Crippen LogP contribution is -2.55. The van der Waals surface area contributed by atoms with Crippen LogP contribution in [0.2, 0.25) is 0 Å². The highest BCUT2D eigenvalue weighted by Crippen LogP contribution is 2.35. The second-order valence-electron chi connectivity index (χ2n) is 10.3. The maximum absolute atomic E-state index is 13.7. The molecule has 0 aliphatic carbocycles. The van der Waals surface area contributed by atoms with Crippen LogP contribution in [-0.2, 0) is 22.4 Å². The molecule has 1 aromatic carbocycles. The van der Waals surface area contributed by atoms with Crippen LogP contribution in [0.25, 0.3) is 22.4 Å². The molecule has 4 aliphatic rings. The molecule has 2 N–H and O–H groups in total. The van der Waals surface area contributed by atoms with Gasteiger partial charge in [-0.25, -0.2) is 14.8 Å². The molecule has 6 heterocycles. The molecular formula is C27H29N7O3. The lowest BCUT2D eigenvalue weighted by molar-refractivity contribution is -0.00296. The Balaban J connectivity index is 1.25. The quantitative estimate of drug-likeness (QED) is 0.556. The van der Waals surface area contributed by atoms with E-state index in [4.69, 9.17) is 14.5 Å². The van der Waals surface area contributed by atoms with Crippen LogP contribution >= 0.6 is 0 Å². The summed E-state index contributed by atoms with van der Waals surface area (Å²) in [5.74, 6) is 0. The molecule has 3 saturated heterocycles. The number of carbonyl (C=O) groups excluding carboxylic acids is 1. The van der Waals surface area contributed by atoms with E-state index in [1.54, 1.807) is 12.4 Å². The molecule has 3 fully saturated rings. The van der Waals surface area contributed by atoms with Crippen molar-refractivity contribution in [1.29, 1.82) is 5.26 Å². The van der Waals surface area contributed by atoms with Crippen molar-refractivity contribution in [2.24, 2.45) is 0 Å². The largest absolute Gasteiger partial charge is 0.378 e. The number of rotatable bonds is 2. The van der Waals surface area contributed by atoms with E-state index in [0.29, 0.717) is 56.2 Å². The van der Waals surface area contributed by atoms with Crippen molar-refractivity contribution in [2.75, 3.05) is 39.5 Å². The standard InChI is InChI=1S/C27H29N7O3/c28-9-18-10-30-26-25(18)32-23(11-31-26)17-7-16-3-5-33(27(35)34-19-1-2-20(34)14-37-13-19)12-22(16)21(8-17)24-15-36-6-4-29-24/h7-8,10-11,19-20,24,29H,1-6,12-15H2,(H,30,31). The summed E-state index contributed by atoms with van der Waals surface area (Å²) < 4.78 is 11.5. The number of nitrogens with one attached hydrogen (secondary N) is 2. The first-order valence-corrected chi connectivity index (χ1v) is 13.1. The molecule has 190 valence electrons. The van der Waals surface area contributed by atoms with Gasteiger partial charge in [-0.3, -0.25) is 0 Å². The van der Waals surface area contributed by atoms with Gasteiger partial charge in [-0.05, 0) is 48.1 Å². The first kappa shape index (κ1) is 22.7. The zero-order chi connectivity index (χ0) is 24.9. The number of hydrogen-bond donors (Lipinski definition) is 2. The fourth-order valence-corrected chi connectivity index (χ4v) is 6.30. The first-order chi connectivity index (χ1) is 18.2. The summed E-state index contributed by atoms with van der Waals surface area (Å²) in [6.45, 7) is 4.61. The minimum Gasteiger partial charge on any atom is -0.378 e. The van der Waals surface area contributed by atoms with E-state index in [2.05, 4.69) is 38.4 Å². The smallest absolute Gasteiger partial charge is 0.320 e. The van der Waals surface area contributed by atoms with Crippen molar-refractivity contribution in [2.45, 2.75) is 43.9 Å². The van der Waals surface area contributed by atoms with E-state index in [0.717, 1.165) is 42.6 Å². The number of urea groups is 1. The van der Waals surface area contributed by atoms with E-state index >= 15 is 0 Å². The number of carbonyl (C=O) groups is 1. The van der Waals surface area contributed by atoms with E-state index in [1.165, 1.54) is 11.1 Å². The average Bonchev–Trinajstić information content (AvgIpc) is 3.48. The summed E-state index contributed by atoms with van der Waals surface area (Å²) in [6.07, 6.45) is 6.22. The Morgan fingerprint density at radius 2 is 2.03 bits per heavy atom. The van der Waals surface area contributed by atoms with Crippen LogP contribution in [-0.4, -0.2) is 82.4 Å². The van der Waals surface area contributed by atoms with Crippen LogP contribution in [0.3, 0.4) is 0 Å². The van der Waals surface area contributed by atoms with Gasteiger partial charge in [0.2, 0.25) is 0 Å². The van der Waals surface area contributed by atoms with Crippen LogP contribution in [0, 0.1) is 11.3 Å². The zero-order valence-electron chi connectivity index (χ0n) is 20.6. The van der Waals surface area contributed by atoms with E-state index in [-0.39, 0.29) is 24.2 Å². The molecular weight excluding hydrogens is 470 g/mol. The Labute approximate surface area is 214 Å². The number of morpholine rings is 2. The number of aromatic nitrogens is 3. The minimum atomic E-state index is 0.0377. The lowest BCUT2D eigenvalue weighted by Gasteiger charge is -2.40. The Kier molecular flexibility index (Phi) is 5.57. The third-order valence-electron chi connectivity index (χ3n) is 8.20. The Bertz CT molecular complexity index is 1390. The number of hydrogen-bond acceptors (Lipinski definition) is 7. The minimum absolute atomic E-state index is 0.0377. The van der Waals surface area contributed by atoms with Crippen molar-refractivity contribution >= 4 is 17.2 Å². The predicted octanol–water partition coefficient (Wildman–Crippen LogP) is 2.50. The van der Waals surface area contributed by atoms with Crippen molar-refractivity contribution in [3.05, 3.63) is 46.8 Å². The van der Waals surface area contributed by atoms with Gasteiger partial charge in [0.25, 0.3) is 0 Å². The summed E-state index contributed by atoms with van der Waals surface area (Å²) in [5, 5.41) is 13.1. The third kappa shape index (κ3) is 3.85. The molecule has 0 spiro atoms. The number of fused-ring (bicyclic) bond motifs is 4. The molecule has 4 aliphatic heterocycles. The van der Waals surface area contributed by atoms with Crippen LogP contribution in [0.1, 0.15) is 41.1 Å². The SMILES string of the molecule is N#Cc1c[nH]c2ncc(-c3cc4c(c(C5COCCN5)c3)CN(C(=O)N3C5CCC3COC5)CC4)nc12. The summed E-state index contributed by atoms with van der Waals surface area (Å²) in [7, 11) is 0. The van der Waals surface area contributed by atoms with Gasteiger partial charge in [-0.15, -0.1) is 0 Å². The number of amides is 2. The Morgan fingerprint density at radius 1 is 1.16 bits per heavy atom. The fraction of sp³-hybridized carbons (Fsp3) is 0.481. The zero-order valence-corrected chi connectivity index (χ0v) is 20.6. The summed E-state index contributed by atoms with van der Waals surface area (Å²) in [4.78, 5) is 30.1. The Hall–Kier alpha value is -3.52. The number of aromatic amines is 1. The molecule has 10 heteroatoms. The maximum Gasteiger partial charge on any atom is 0.320 e. The second kappa shape index (κ2) is 9.10. The summed E-state index contributed by atoms with van der Waals surface area (Å²) >= 11 is 0. The van der Waals surface area contributed by atoms with Crippen molar-refractivity contribution in [3.63, 3.8) is 0 Å². The van der Waals surface area contributed by atoms with Gasteiger partial charge in [0.15, 0.2) is 5.65 Å². The molecule has 0 radical (unpaired) electrons. The summed E-state index contributed by atoms with van der Waals surface area (Å²) in [5.41, 5.74) is 6.93. The molecule has 37 heavy (non-hydrogen) atoms. The predicted molar refractivity (Wildman–Crippen MR) is 135 cm³/mol. The molecule has 0 saturated carbocycles. The van der Waals surface area contributed by atoms with Crippen molar-refractivity contribution in [1.82, 2.24) is 30.1 Å². The lowest BCUT2D eigenvalue weighted by atomic mass is 9.88. The third-order valence-corrected chi connectivity index (χ3v) is 8.20. The topological polar surface area (TPSA) is 119 Å². The van der Waals surface area contributed by atoms with Crippen LogP contribution in [0.4, 0.5) is 4.79 Å². The molecule has 2 bridgehead atoms. The van der Waals surface area contributed by atoms with Gasteiger partial charge in [0.05, 0.1) is 62.0 Å². The molecule has 3 atom stereocenters. The van der Waals surface area contributed by atoms with Crippen molar-refractivity contribution < 1.29 is 14.3 Å². The monoisotopic (exact) mass is 499 g/mol. The normalized spacial score (nSPS) is 25.2. The highest BCUT2D eigenvalue weighted by molar-refractivity contribution is 5.81. The van der Waals surface area contributed by atoms with Crippen LogP contribution < -0.4 is 5.32 Å². The van der Waals surface area contributed by atoms with Gasteiger partial charge < -0.3 is 29.6 Å². The Morgan fingerprint density at radius 3 is 2.81 bits per heavy atom. The fourth-order valence-electron chi connectivity index (χ4n) is 6.30. The highest BCUT2D eigenvalue weighted by atomic mass is 16.5. The number of nitriles is 1. The first-order valence-electron chi connectivity index (χ1n) is 13.1. The van der Waals surface area contributed by atoms with Crippen molar-refractivity contribution in [3.8, 4) is 17.3 Å². The van der Waals surface area contributed by atoms with Gasteiger partial charge >= 0.3 is 6.03 Å². The second-order valence-corrected chi connectivity index (χ2v) is 10.3. The highest BCUT2D eigenvalue weighted by Gasteiger charge is 2.42. The van der Waals surface area contributed by atoms with Crippen LogP contribution in [0.5, 0.6) is 0 Å². The van der Waals surface area contributed by atoms with Gasteiger partial charge in [-0.1, -0.05) is 0 Å². The van der Waals surface area contributed by atoms with E-state index < -0.39 is 0 Å². The van der Waals surface area contributed by atoms with Crippen LogP contribution in [0.15, 0.2) is 24.5 Å². The van der Waals surface area contributed by atoms with E-state index in [9.17, 15) is 10.1 Å². The average molecular weight is 500 g/mol. The summed E-state index contributed by atoms with van der Waals surface area (Å²) in [6, 6.07) is 7.09. The van der Waals surface area contributed by atoms with E-state index in [1.807, 2.05) is 4.90 Å². The molecule has 3 unspecified atom stereocenters. The number of H-pyrrole nitrogens is 1. The molecule has 2 amide bonds. The number of benzene rings is 1.